The van der Waals surface area contributed by atoms with Crippen LogP contribution in [0.1, 0.15) is 36.1 Å². The topological polar surface area (TPSA) is 21.3 Å². The summed E-state index contributed by atoms with van der Waals surface area (Å²) in [5.74, 6) is 1.86. The number of benzene rings is 2. The van der Waals surface area contributed by atoms with Crippen molar-refractivity contribution in [1.29, 1.82) is 0 Å². The fourth-order valence-electron chi connectivity index (χ4n) is 2.29. The van der Waals surface area contributed by atoms with Crippen LogP contribution in [-0.2, 0) is 6.54 Å². The van der Waals surface area contributed by atoms with Crippen molar-refractivity contribution in [2.45, 2.75) is 47.2 Å². The Morgan fingerprint density at radius 1 is 0.905 bits per heavy atom. The minimum absolute atomic E-state index is 0.458. The van der Waals surface area contributed by atoms with Crippen LogP contribution < -0.4 is 10.1 Å². The summed E-state index contributed by atoms with van der Waals surface area (Å²) < 4.78 is 6.14. The average molecular weight is 283 g/mol. The Morgan fingerprint density at radius 3 is 2.14 bits per heavy atom. The van der Waals surface area contributed by atoms with E-state index in [4.69, 9.17) is 4.74 Å². The van der Waals surface area contributed by atoms with E-state index in [-0.39, 0.29) is 0 Å². The lowest BCUT2D eigenvalue weighted by Crippen LogP contribution is -2.22. The zero-order valence-corrected chi connectivity index (χ0v) is 13.7. The maximum Gasteiger partial charge on any atom is 0.131 e. The summed E-state index contributed by atoms with van der Waals surface area (Å²) in [7, 11) is 0. The van der Waals surface area contributed by atoms with E-state index >= 15 is 0 Å². The highest BCUT2D eigenvalue weighted by atomic mass is 16.5. The van der Waals surface area contributed by atoms with E-state index in [1.807, 2.05) is 6.07 Å². The van der Waals surface area contributed by atoms with Gasteiger partial charge in [-0.2, -0.15) is 0 Å². The van der Waals surface area contributed by atoms with E-state index in [9.17, 15) is 0 Å². The molecule has 0 spiro atoms. The average Bonchev–Trinajstić information content (AvgIpc) is 2.41. The third-order valence-corrected chi connectivity index (χ3v) is 3.47. The first-order valence-electron chi connectivity index (χ1n) is 7.53. The molecule has 0 atom stereocenters. The fraction of sp³-hybridized carbons (Fsp3) is 0.368. The van der Waals surface area contributed by atoms with E-state index in [0.717, 1.165) is 18.0 Å². The molecule has 0 fully saturated rings. The molecule has 0 aliphatic heterocycles. The minimum Gasteiger partial charge on any atom is -0.457 e. The second-order valence-electron chi connectivity index (χ2n) is 6.02. The molecule has 0 amide bonds. The van der Waals surface area contributed by atoms with Gasteiger partial charge in [-0.1, -0.05) is 49.2 Å². The third-order valence-electron chi connectivity index (χ3n) is 3.47. The van der Waals surface area contributed by atoms with Gasteiger partial charge in [-0.15, -0.1) is 0 Å². The van der Waals surface area contributed by atoms with Crippen LogP contribution in [0.5, 0.6) is 11.5 Å². The summed E-state index contributed by atoms with van der Waals surface area (Å²) in [6, 6.07) is 13.1. The van der Waals surface area contributed by atoms with Crippen molar-refractivity contribution in [3.63, 3.8) is 0 Å². The fourth-order valence-corrected chi connectivity index (χ4v) is 2.29. The monoisotopic (exact) mass is 283 g/mol. The summed E-state index contributed by atoms with van der Waals surface area (Å²) in [5, 5.41) is 3.46. The molecule has 0 saturated carbocycles. The molecule has 0 aromatic heterocycles. The van der Waals surface area contributed by atoms with Crippen molar-refractivity contribution in [3.05, 3.63) is 58.7 Å². The van der Waals surface area contributed by atoms with Gasteiger partial charge in [-0.05, 0) is 38.5 Å². The molecular formula is C19H25NO. The Bertz CT molecular complexity index is 617. The molecule has 2 rings (SSSR count). The number of rotatable bonds is 5. The van der Waals surface area contributed by atoms with Gasteiger partial charge in [-0.25, -0.2) is 0 Å². The number of ether oxygens (including phenoxy) is 1. The van der Waals surface area contributed by atoms with Gasteiger partial charge < -0.3 is 10.1 Å². The molecule has 0 radical (unpaired) electrons. The van der Waals surface area contributed by atoms with Gasteiger partial charge in [0.05, 0.1) is 0 Å². The molecule has 2 heteroatoms. The molecule has 2 aromatic rings. The van der Waals surface area contributed by atoms with Crippen molar-refractivity contribution in [3.8, 4) is 11.5 Å². The molecule has 0 aliphatic carbocycles. The molecule has 0 heterocycles. The van der Waals surface area contributed by atoms with Gasteiger partial charge >= 0.3 is 0 Å². The summed E-state index contributed by atoms with van der Waals surface area (Å²) in [6.07, 6.45) is 0. The number of nitrogens with one attached hydrogen (secondary N) is 1. The molecule has 0 unspecified atom stereocenters. The van der Waals surface area contributed by atoms with Crippen LogP contribution in [0.3, 0.4) is 0 Å². The van der Waals surface area contributed by atoms with Crippen molar-refractivity contribution < 1.29 is 4.74 Å². The highest BCUT2D eigenvalue weighted by Crippen LogP contribution is 2.29. The smallest absolute Gasteiger partial charge is 0.131 e. The maximum absolute atomic E-state index is 6.14. The van der Waals surface area contributed by atoms with Crippen LogP contribution in [0.15, 0.2) is 36.4 Å². The Labute approximate surface area is 128 Å². The Morgan fingerprint density at radius 2 is 1.52 bits per heavy atom. The standard InChI is InChI=1S/C19H25NO/c1-13(2)20-12-17-11-15(4)7-9-19(17)21-18-8-6-14(3)10-16(18)5/h6-11,13,20H,12H2,1-5H3. The second-order valence-corrected chi connectivity index (χ2v) is 6.02. The van der Waals surface area contributed by atoms with Crippen LogP contribution in [0, 0.1) is 20.8 Å². The van der Waals surface area contributed by atoms with Crippen LogP contribution in [0.25, 0.3) is 0 Å². The molecule has 21 heavy (non-hydrogen) atoms. The second kappa shape index (κ2) is 6.77. The van der Waals surface area contributed by atoms with Crippen molar-refractivity contribution in [2.75, 3.05) is 0 Å². The first-order chi connectivity index (χ1) is 9.95. The SMILES string of the molecule is Cc1ccc(Oc2ccc(C)cc2CNC(C)C)c(C)c1. The number of hydrogen-bond donors (Lipinski definition) is 1. The highest BCUT2D eigenvalue weighted by Gasteiger charge is 2.08. The minimum atomic E-state index is 0.458. The van der Waals surface area contributed by atoms with Crippen molar-refractivity contribution >= 4 is 0 Å². The molecule has 112 valence electrons. The van der Waals surface area contributed by atoms with E-state index < -0.39 is 0 Å². The normalized spacial score (nSPS) is 11.0. The van der Waals surface area contributed by atoms with Crippen molar-refractivity contribution in [2.24, 2.45) is 0 Å². The molecule has 2 aromatic carbocycles. The molecule has 1 N–H and O–H groups in total. The predicted octanol–water partition coefficient (Wildman–Crippen LogP) is 4.90. The summed E-state index contributed by atoms with van der Waals surface area (Å²) >= 11 is 0. The quantitative estimate of drug-likeness (QED) is 0.842. The van der Waals surface area contributed by atoms with E-state index in [0.29, 0.717) is 6.04 Å². The van der Waals surface area contributed by atoms with Crippen molar-refractivity contribution in [1.82, 2.24) is 5.32 Å². The van der Waals surface area contributed by atoms with E-state index in [1.54, 1.807) is 0 Å². The maximum atomic E-state index is 6.14. The zero-order chi connectivity index (χ0) is 15.4. The third kappa shape index (κ3) is 4.33. The van der Waals surface area contributed by atoms with Gasteiger partial charge in [0.25, 0.3) is 0 Å². The molecule has 0 saturated heterocycles. The van der Waals surface area contributed by atoms with Gasteiger partial charge in [0.15, 0.2) is 0 Å². The molecule has 0 bridgehead atoms. The van der Waals surface area contributed by atoms with Crippen LogP contribution in [0.2, 0.25) is 0 Å². The van der Waals surface area contributed by atoms with Gasteiger partial charge in [0.1, 0.15) is 11.5 Å². The van der Waals surface area contributed by atoms with Crippen LogP contribution in [-0.4, -0.2) is 6.04 Å². The van der Waals surface area contributed by atoms with Crippen LogP contribution >= 0.6 is 0 Å². The predicted molar refractivity (Wildman–Crippen MR) is 89.1 cm³/mol. The van der Waals surface area contributed by atoms with E-state index in [1.165, 1.54) is 22.3 Å². The van der Waals surface area contributed by atoms with Gasteiger partial charge in [-0.3, -0.25) is 0 Å². The van der Waals surface area contributed by atoms with E-state index in [2.05, 4.69) is 70.3 Å². The zero-order valence-electron chi connectivity index (χ0n) is 13.7. The van der Waals surface area contributed by atoms with Crippen LogP contribution in [0.4, 0.5) is 0 Å². The highest BCUT2D eigenvalue weighted by molar-refractivity contribution is 5.43. The Kier molecular flexibility index (Phi) is 5.03. The lowest BCUT2D eigenvalue weighted by molar-refractivity contribution is 0.466. The molecular weight excluding hydrogens is 258 g/mol. The Hall–Kier alpha value is -1.80. The number of hydrogen-bond acceptors (Lipinski definition) is 2. The molecule has 2 nitrogen and oxygen atoms in total. The summed E-state index contributed by atoms with van der Waals surface area (Å²) in [6.45, 7) is 11.4. The summed E-state index contributed by atoms with van der Waals surface area (Å²) in [5.41, 5.74) is 4.87. The number of aryl methyl sites for hydroxylation is 3. The molecule has 0 aliphatic rings. The largest absolute Gasteiger partial charge is 0.457 e. The first kappa shape index (κ1) is 15.6. The lowest BCUT2D eigenvalue weighted by Gasteiger charge is -2.15. The van der Waals surface area contributed by atoms with Gasteiger partial charge in [0, 0.05) is 18.2 Å². The summed E-state index contributed by atoms with van der Waals surface area (Å²) in [4.78, 5) is 0. The first-order valence-corrected chi connectivity index (χ1v) is 7.53. The Balaban J connectivity index is 2.26. The van der Waals surface area contributed by atoms with Gasteiger partial charge in [0.2, 0.25) is 0 Å². The lowest BCUT2D eigenvalue weighted by atomic mass is 10.1.